The second-order valence-corrected chi connectivity index (χ2v) is 5.07. The van der Waals surface area contributed by atoms with Crippen molar-refractivity contribution in [3.05, 3.63) is 39.1 Å². The summed E-state index contributed by atoms with van der Waals surface area (Å²) in [7, 11) is 0. The van der Waals surface area contributed by atoms with Gasteiger partial charge in [0.05, 0.1) is 12.3 Å². The van der Waals surface area contributed by atoms with E-state index in [2.05, 4.69) is 35.3 Å². The van der Waals surface area contributed by atoms with Crippen LogP contribution in [-0.4, -0.2) is 51.4 Å². The molecule has 1 aromatic heterocycles. The lowest BCUT2D eigenvalue weighted by Gasteiger charge is -2.16. The quantitative estimate of drug-likeness (QED) is 0.523. The van der Waals surface area contributed by atoms with Crippen LogP contribution in [0.3, 0.4) is 0 Å². The maximum atomic E-state index is 12.1. The van der Waals surface area contributed by atoms with Gasteiger partial charge in [-0.3, -0.25) is 19.3 Å². The summed E-state index contributed by atoms with van der Waals surface area (Å²) < 4.78 is 1.07. The average Bonchev–Trinajstić information content (AvgIpc) is 2.53. The third kappa shape index (κ3) is 4.66. The second kappa shape index (κ2) is 9.09. The smallest absolute Gasteiger partial charge is 0.331 e. The predicted molar refractivity (Wildman–Crippen MR) is 92.7 cm³/mol. The van der Waals surface area contributed by atoms with Gasteiger partial charge < -0.3 is 10.0 Å². The van der Waals surface area contributed by atoms with Crippen molar-refractivity contribution in [1.29, 1.82) is 0 Å². The maximum absolute atomic E-state index is 12.1. The summed E-state index contributed by atoms with van der Waals surface area (Å²) in [6.45, 7) is 12.9. The Bertz CT molecular complexity index is 669. The third-order valence-electron chi connectivity index (χ3n) is 3.72. The first-order valence-corrected chi connectivity index (χ1v) is 7.93. The molecular formula is C16H26N4O3. The number of rotatable bonds is 9. The van der Waals surface area contributed by atoms with Crippen molar-refractivity contribution in [1.82, 2.24) is 14.5 Å². The summed E-state index contributed by atoms with van der Waals surface area (Å²) in [5.74, 6) is -0.359. The van der Waals surface area contributed by atoms with Crippen molar-refractivity contribution in [3.8, 4) is 5.88 Å². The zero-order valence-electron chi connectivity index (χ0n) is 14.1. The Morgan fingerprint density at radius 3 is 2.52 bits per heavy atom. The number of allylic oxidation sites excluding steroid dienone is 1. The van der Waals surface area contributed by atoms with Crippen LogP contribution in [0.25, 0.3) is 0 Å². The number of nitrogens with zero attached hydrogens (tertiary/aromatic N) is 3. The fourth-order valence-electron chi connectivity index (χ4n) is 2.35. The maximum Gasteiger partial charge on any atom is 0.331 e. The van der Waals surface area contributed by atoms with Gasteiger partial charge in [0.25, 0.3) is 5.56 Å². The lowest BCUT2D eigenvalue weighted by molar-refractivity contribution is 0.313. The van der Waals surface area contributed by atoms with Crippen molar-refractivity contribution in [2.75, 3.05) is 26.2 Å². The van der Waals surface area contributed by atoms with Gasteiger partial charge in [-0.25, -0.2) is 4.79 Å². The summed E-state index contributed by atoms with van der Waals surface area (Å²) in [4.78, 5) is 32.7. The van der Waals surface area contributed by atoms with E-state index in [1.54, 1.807) is 0 Å². The molecule has 1 heterocycles. The van der Waals surface area contributed by atoms with Crippen LogP contribution in [-0.2, 0) is 6.54 Å². The summed E-state index contributed by atoms with van der Waals surface area (Å²) in [6.07, 6.45) is 1.97. The van der Waals surface area contributed by atoms with Crippen molar-refractivity contribution < 1.29 is 5.11 Å². The molecule has 128 valence electrons. The van der Waals surface area contributed by atoms with E-state index in [9.17, 15) is 14.7 Å². The largest absolute Gasteiger partial charge is 0.494 e. The number of nitrogens with one attached hydrogen (secondary N) is 1. The first kappa shape index (κ1) is 18.9. The average molecular weight is 322 g/mol. The molecule has 23 heavy (non-hydrogen) atoms. The Morgan fingerprint density at radius 2 is 2.00 bits per heavy atom. The number of H-pyrrole nitrogens is 1. The lowest BCUT2D eigenvalue weighted by Crippen LogP contribution is -2.34. The minimum Gasteiger partial charge on any atom is -0.494 e. The van der Waals surface area contributed by atoms with Crippen LogP contribution >= 0.6 is 0 Å². The molecule has 7 nitrogen and oxygen atoms in total. The molecule has 0 spiro atoms. The molecule has 0 saturated heterocycles. The van der Waals surface area contributed by atoms with Crippen molar-refractivity contribution in [2.24, 2.45) is 4.99 Å². The predicted octanol–water partition coefficient (Wildman–Crippen LogP) is 0.969. The Hall–Kier alpha value is -2.15. The zero-order valence-corrected chi connectivity index (χ0v) is 14.1. The molecule has 1 aromatic rings. The van der Waals surface area contributed by atoms with Crippen molar-refractivity contribution in [3.63, 3.8) is 0 Å². The normalized spacial score (nSPS) is 11.9. The van der Waals surface area contributed by atoms with Crippen molar-refractivity contribution >= 4 is 5.71 Å². The van der Waals surface area contributed by atoms with Crippen LogP contribution in [0.2, 0.25) is 0 Å². The van der Waals surface area contributed by atoms with Gasteiger partial charge in [-0.05, 0) is 19.5 Å². The van der Waals surface area contributed by atoms with E-state index >= 15 is 0 Å². The second-order valence-electron chi connectivity index (χ2n) is 5.07. The van der Waals surface area contributed by atoms with E-state index in [1.807, 2.05) is 6.92 Å². The molecule has 0 aliphatic carbocycles. The number of hydrogen-bond donors (Lipinski definition) is 2. The fraction of sp³-hybridized carbons (Fsp3) is 0.562. The summed E-state index contributed by atoms with van der Waals surface area (Å²) in [5, 5.41) is 10.3. The minimum atomic E-state index is -0.658. The van der Waals surface area contributed by atoms with E-state index in [-0.39, 0.29) is 18.0 Å². The van der Waals surface area contributed by atoms with Gasteiger partial charge in [0.1, 0.15) is 5.56 Å². The van der Waals surface area contributed by atoms with E-state index in [0.29, 0.717) is 18.7 Å². The molecule has 2 N–H and O–H groups in total. The van der Waals surface area contributed by atoms with Crippen LogP contribution in [0.15, 0.2) is 27.2 Å². The van der Waals surface area contributed by atoms with E-state index < -0.39 is 11.2 Å². The number of aromatic nitrogens is 2. The van der Waals surface area contributed by atoms with Crippen molar-refractivity contribution in [2.45, 2.75) is 33.7 Å². The van der Waals surface area contributed by atoms with E-state index in [0.717, 1.165) is 24.2 Å². The minimum absolute atomic E-state index is 0.0634. The number of likely N-dealkylation sites (N-methyl/N-ethyl adjacent to an activating group) is 1. The molecule has 1 rings (SSSR count). The van der Waals surface area contributed by atoms with Crippen LogP contribution in [0.4, 0.5) is 0 Å². The molecule has 0 atom stereocenters. The van der Waals surface area contributed by atoms with Gasteiger partial charge in [-0.2, -0.15) is 0 Å². The summed E-state index contributed by atoms with van der Waals surface area (Å²) in [5.41, 5.74) is -0.715. The van der Waals surface area contributed by atoms with Crippen LogP contribution in [0.1, 0.15) is 32.8 Å². The molecule has 0 bridgehead atoms. The van der Waals surface area contributed by atoms with Gasteiger partial charge in [0, 0.05) is 13.1 Å². The van der Waals surface area contributed by atoms with E-state index in [1.165, 1.54) is 6.08 Å². The summed E-state index contributed by atoms with van der Waals surface area (Å²) in [6, 6.07) is 0. The molecule has 0 amide bonds. The highest BCUT2D eigenvalue weighted by atomic mass is 16.3. The molecular weight excluding hydrogens is 296 g/mol. The molecule has 0 unspecified atom stereocenters. The van der Waals surface area contributed by atoms with Crippen LogP contribution in [0.5, 0.6) is 5.88 Å². The number of aliphatic imine (C=N–C) groups is 1. The van der Waals surface area contributed by atoms with Crippen LogP contribution in [0, 0.1) is 0 Å². The highest BCUT2D eigenvalue weighted by Gasteiger charge is 2.17. The SMILES string of the molecule is C=CCn1c(O)c(C(CC)=NCCN(CC)CC)c(=O)[nH]c1=O. The Morgan fingerprint density at radius 1 is 1.35 bits per heavy atom. The molecule has 0 aliphatic heterocycles. The monoisotopic (exact) mass is 322 g/mol. The first-order chi connectivity index (χ1) is 11.0. The van der Waals surface area contributed by atoms with Gasteiger partial charge in [0.2, 0.25) is 5.88 Å². The van der Waals surface area contributed by atoms with Gasteiger partial charge in [-0.1, -0.05) is 26.8 Å². The highest BCUT2D eigenvalue weighted by Crippen LogP contribution is 2.13. The zero-order chi connectivity index (χ0) is 17.4. The summed E-state index contributed by atoms with van der Waals surface area (Å²) >= 11 is 0. The number of hydrogen-bond acceptors (Lipinski definition) is 5. The Balaban J connectivity index is 3.20. The molecule has 0 fully saturated rings. The third-order valence-corrected chi connectivity index (χ3v) is 3.72. The molecule has 0 aliphatic rings. The lowest BCUT2D eigenvalue weighted by atomic mass is 10.1. The molecule has 0 saturated carbocycles. The Labute approximate surface area is 136 Å². The standard InChI is InChI=1S/C16H26N4O3/c1-5-10-20-15(22)13(14(21)18-16(20)23)12(6-2)17-9-11-19(7-3)8-4/h5,22H,1,6-11H2,2-4H3,(H,18,21,23). The first-order valence-electron chi connectivity index (χ1n) is 7.93. The Kier molecular flexibility index (Phi) is 7.47. The van der Waals surface area contributed by atoms with E-state index in [4.69, 9.17) is 0 Å². The molecule has 0 radical (unpaired) electrons. The molecule has 7 heteroatoms. The van der Waals surface area contributed by atoms with Crippen LogP contribution < -0.4 is 11.2 Å². The number of aromatic hydroxyl groups is 1. The van der Waals surface area contributed by atoms with Gasteiger partial charge in [-0.15, -0.1) is 6.58 Å². The van der Waals surface area contributed by atoms with Gasteiger partial charge in [0.15, 0.2) is 0 Å². The topological polar surface area (TPSA) is 90.7 Å². The number of aromatic amines is 1. The molecule has 0 aromatic carbocycles. The fourth-order valence-corrected chi connectivity index (χ4v) is 2.35. The van der Waals surface area contributed by atoms with Gasteiger partial charge >= 0.3 is 5.69 Å². The highest BCUT2D eigenvalue weighted by molar-refractivity contribution is 6.01.